The number of aliphatic hydroxyl groups is 1. The second kappa shape index (κ2) is 6.23. The van der Waals surface area contributed by atoms with Crippen LogP contribution in [0.15, 0.2) is 24.3 Å². The van der Waals surface area contributed by atoms with Gasteiger partial charge in [-0.25, -0.2) is 0 Å². The summed E-state index contributed by atoms with van der Waals surface area (Å²) in [6.07, 6.45) is 4.82. The van der Waals surface area contributed by atoms with Gasteiger partial charge in [0, 0.05) is 11.1 Å². The molecule has 3 heteroatoms. The topological polar surface area (TPSA) is 23.5 Å². The van der Waals surface area contributed by atoms with Crippen LogP contribution in [0.4, 0.5) is 0 Å². The number of likely N-dealkylation sites (N-methyl/N-ethyl adjacent to an activating group) is 1. The van der Waals surface area contributed by atoms with Crippen LogP contribution in [0, 0.1) is 0 Å². The molecule has 0 amide bonds. The molecule has 0 heterocycles. The second-order valence-electron chi connectivity index (χ2n) is 3.84. The maximum absolute atomic E-state index is 9.45. The normalized spacial score (nSPS) is 18.4. The van der Waals surface area contributed by atoms with Crippen molar-refractivity contribution in [3.05, 3.63) is 24.3 Å². The van der Waals surface area contributed by atoms with Crippen molar-refractivity contribution < 1.29 is 5.11 Å². The van der Waals surface area contributed by atoms with Gasteiger partial charge < -0.3 is 5.11 Å². The molecule has 0 aliphatic carbocycles. The molecule has 0 aromatic rings. The van der Waals surface area contributed by atoms with E-state index in [0.717, 1.165) is 6.42 Å². The Labute approximate surface area is 91.9 Å². The van der Waals surface area contributed by atoms with E-state index in [4.69, 9.17) is 11.6 Å². The fourth-order valence-corrected chi connectivity index (χ4v) is 1.85. The molecule has 0 saturated carbocycles. The molecule has 0 saturated heterocycles. The summed E-state index contributed by atoms with van der Waals surface area (Å²) < 4.78 is 0. The predicted octanol–water partition coefficient (Wildman–Crippen LogP) is 2.39. The Hall–Kier alpha value is -0.310. The van der Waals surface area contributed by atoms with E-state index >= 15 is 0 Å². The largest absolute Gasteiger partial charge is 0.393 e. The van der Waals surface area contributed by atoms with Crippen LogP contribution in [-0.2, 0) is 0 Å². The van der Waals surface area contributed by atoms with Crippen LogP contribution in [-0.4, -0.2) is 35.7 Å². The van der Waals surface area contributed by atoms with Crippen molar-refractivity contribution in [2.24, 2.45) is 0 Å². The van der Waals surface area contributed by atoms with E-state index in [2.05, 4.69) is 11.5 Å². The molecule has 0 aromatic heterocycles. The third-order valence-corrected chi connectivity index (χ3v) is 2.54. The second-order valence-corrected chi connectivity index (χ2v) is 4.09. The van der Waals surface area contributed by atoms with Crippen LogP contribution < -0.4 is 0 Å². The lowest BCUT2D eigenvalue weighted by Crippen LogP contribution is -2.44. The van der Waals surface area contributed by atoms with Crippen LogP contribution in [0.2, 0.25) is 0 Å². The average Bonchev–Trinajstić information content (AvgIpc) is 2.03. The molecule has 1 N–H and O–H groups in total. The number of halogens is 1. The van der Waals surface area contributed by atoms with Crippen LogP contribution >= 0.6 is 11.6 Å². The maximum Gasteiger partial charge on any atom is 0.0533 e. The summed E-state index contributed by atoms with van der Waals surface area (Å²) in [6.45, 7) is 5.51. The van der Waals surface area contributed by atoms with E-state index in [9.17, 15) is 5.11 Å². The summed E-state index contributed by atoms with van der Waals surface area (Å²) in [5.41, 5.74) is 1.28. The van der Waals surface area contributed by atoms with Gasteiger partial charge in [-0.1, -0.05) is 23.8 Å². The highest BCUT2D eigenvalue weighted by Crippen LogP contribution is 2.26. The number of nitrogens with zero attached hydrogens (tertiary/aromatic N) is 1. The Morgan fingerprint density at radius 3 is 2.43 bits per heavy atom. The first-order valence-electron chi connectivity index (χ1n) is 4.73. The van der Waals surface area contributed by atoms with E-state index in [1.807, 2.05) is 26.2 Å². The van der Waals surface area contributed by atoms with E-state index in [1.54, 1.807) is 6.92 Å². The minimum Gasteiger partial charge on any atom is -0.393 e. The van der Waals surface area contributed by atoms with Gasteiger partial charge in [-0.15, -0.1) is 6.58 Å². The van der Waals surface area contributed by atoms with Crippen LogP contribution in [0.25, 0.3) is 0 Å². The first-order valence-corrected chi connectivity index (χ1v) is 5.16. The van der Waals surface area contributed by atoms with Gasteiger partial charge >= 0.3 is 0 Å². The van der Waals surface area contributed by atoms with Gasteiger partial charge in [-0.2, -0.15) is 0 Å². The van der Waals surface area contributed by atoms with E-state index in [1.165, 1.54) is 5.54 Å². The molecule has 0 bridgehead atoms. The maximum atomic E-state index is 9.45. The van der Waals surface area contributed by atoms with Crippen molar-refractivity contribution in [2.45, 2.75) is 31.4 Å². The van der Waals surface area contributed by atoms with Crippen LogP contribution in [0.3, 0.4) is 0 Å². The molecular formula is C11H20ClNO. The Kier molecular flexibility index (Phi) is 6.09. The Balaban J connectivity index is 4.82. The molecule has 0 spiro atoms. The van der Waals surface area contributed by atoms with Gasteiger partial charge in [0.25, 0.3) is 0 Å². The average molecular weight is 218 g/mol. The molecule has 0 radical (unpaired) electrons. The molecule has 2 unspecified atom stereocenters. The molecule has 0 fully saturated rings. The highest BCUT2D eigenvalue weighted by Gasteiger charge is 2.29. The van der Waals surface area contributed by atoms with Gasteiger partial charge in [-0.3, -0.25) is 4.90 Å². The molecule has 14 heavy (non-hydrogen) atoms. The molecule has 2 atom stereocenters. The molecular weight excluding hydrogens is 198 g/mol. The standard InChI is InChI=1S/C11H20ClNO/c1-5-6-11(7-8-12,13(3)4)9-10(2)14/h5,7-8,10,14H,1,6,9H2,2-4H3. The summed E-state index contributed by atoms with van der Waals surface area (Å²) >= 11 is 5.63. The number of aliphatic hydroxyl groups excluding tert-OH is 1. The third-order valence-electron chi connectivity index (χ3n) is 2.41. The summed E-state index contributed by atoms with van der Waals surface area (Å²) in [6, 6.07) is 0. The molecule has 0 rings (SSSR count). The van der Waals surface area contributed by atoms with Crippen molar-refractivity contribution in [3.63, 3.8) is 0 Å². The summed E-state index contributed by atoms with van der Waals surface area (Å²) in [5, 5.41) is 9.45. The molecule has 0 aliphatic rings. The molecule has 0 aromatic carbocycles. The van der Waals surface area contributed by atoms with Crippen LogP contribution in [0.5, 0.6) is 0 Å². The minimum absolute atomic E-state index is 0.225. The minimum atomic E-state index is -0.356. The molecule has 0 aliphatic heterocycles. The van der Waals surface area contributed by atoms with E-state index in [-0.39, 0.29) is 11.6 Å². The van der Waals surface area contributed by atoms with Crippen LogP contribution in [0.1, 0.15) is 19.8 Å². The Morgan fingerprint density at radius 1 is 1.57 bits per heavy atom. The number of rotatable bonds is 6. The lowest BCUT2D eigenvalue weighted by Gasteiger charge is -2.37. The lowest BCUT2D eigenvalue weighted by atomic mass is 9.87. The number of hydrogen-bond donors (Lipinski definition) is 1. The Morgan fingerprint density at radius 2 is 2.14 bits per heavy atom. The quantitative estimate of drug-likeness (QED) is 0.691. The zero-order valence-electron chi connectivity index (χ0n) is 9.20. The first kappa shape index (κ1) is 13.7. The van der Waals surface area contributed by atoms with Crippen molar-refractivity contribution in [2.75, 3.05) is 14.1 Å². The van der Waals surface area contributed by atoms with E-state index in [0.29, 0.717) is 6.42 Å². The predicted molar refractivity (Wildman–Crippen MR) is 62.5 cm³/mol. The van der Waals surface area contributed by atoms with Gasteiger partial charge in [0.05, 0.1) is 6.10 Å². The van der Waals surface area contributed by atoms with Gasteiger partial charge in [0.2, 0.25) is 0 Å². The highest BCUT2D eigenvalue weighted by atomic mass is 35.5. The zero-order chi connectivity index (χ0) is 11.2. The van der Waals surface area contributed by atoms with Crippen molar-refractivity contribution in [1.82, 2.24) is 4.90 Å². The molecule has 2 nitrogen and oxygen atoms in total. The fourth-order valence-electron chi connectivity index (χ4n) is 1.61. The van der Waals surface area contributed by atoms with E-state index < -0.39 is 0 Å². The fraction of sp³-hybridized carbons (Fsp3) is 0.636. The summed E-state index contributed by atoms with van der Waals surface area (Å²) in [4.78, 5) is 2.06. The molecule has 82 valence electrons. The van der Waals surface area contributed by atoms with Gasteiger partial charge in [0.1, 0.15) is 0 Å². The zero-order valence-corrected chi connectivity index (χ0v) is 9.96. The monoisotopic (exact) mass is 217 g/mol. The summed E-state index contributed by atoms with van der Waals surface area (Å²) in [5.74, 6) is 0. The van der Waals surface area contributed by atoms with Crippen molar-refractivity contribution in [1.29, 1.82) is 0 Å². The first-order chi connectivity index (χ1) is 6.48. The lowest BCUT2D eigenvalue weighted by molar-refractivity contribution is 0.101. The number of hydrogen-bond acceptors (Lipinski definition) is 2. The van der Waals surface area contributed by atoms with Gasteiger partial charge in [0.15, 0.2) is 0 Å². The summed E-state index contributed by atoms with van der Waals surface area (Å²) in [7, 11) is 3.95. The third kappa shape index (κ3) is 3.82. The van der Waals surface area contributed by atoms with Crippen molar-refractivity contribution in [3.8, 4) is 0 Å². The van der Waals surface area contributed by atoms with Crippen molar-refractivity contribution >= 4 is 11.6 Å². The van der Waals surface area contributed by atoms with Gasteiger partial charge in [-0.05, 0) is 33.9 Å². The SMILES string of the molecule is C=CCC(C=CCl)(CC(C)O)N(C)C. The smallest absolute Gasteiger partial charge is 0.0533 e. The highest BCUT2D eigenvalue weighted by molar-refractivity contribution is 6.25. The Bertz CT molecular complexity index is 201.